The van der Waals surface area contributed by atoms with Gasteiger partial charge in [0.1, 0.15) is 0 Å². The van der Waals surface area contributed by atoms with Gasteiger partial charge in [0, 0.05) is 5.41 Å². The number of carbonyl (C=O) groups is 1. The minimum absolute atomic E-state index is 0.0568. The predicted octanol–water partition coefficient (Wildman–Crippen LogP) is 11.2. The topological polar surface area (TPSA) is 35.5 Å². The molecule has 1 atom stereocenters. The summed E-state index contributed by atoms with van der Waals surface area (Å²) >= 11 is 0. The molecule has 4 heteroatoms. The lowest BCUT2D eigenvalue weighted by Gasteiger charge is -2.43. The third-order valence-electron chi connectivity index (χ3n) is 10.6. The molecular formula is C41H60O3Si. The molecule has 0 N–H and O–H groups in total. The van der Waals surface area contributed by atoms with Crippen molar-refractivity contribution in [1.29, 1.82) is 0 Å². The molecule has 0 amide bonds. The van der Waals surface area contributed by atoms with Crippen LogP contribution in [0.2, 0.25) is 18.1 Å². The Hall–Kier alpha value is -2.69. The van der Waals surface area contributed by atoms with E-state index in [1.165, 1.54) is 40.5 Å². The summed E-state index contributed by atoms with van der Waals surface area (Å²) in [6.45, 7) is 27.8. The Balaban J connectivity index is 1.90. The molecule has 0 saturated carbocycles. The highest BCUT2D eigenvalue weighted by Crippen LogP contribution is 2.43. The summed E-state index contributed by atoms with van der Waals surface area (Å²) in [5, 5.41) is 0.197. The Morgan fingerprint density at radius 3 is 1.93 bits per heavy atom. The SMILES string of the molecule is CCC(CC)(c1ccc(CCC(O[Si](C)(C)C(C)(C)C)C(C)(C)C)c(C)c1)c1ccc(-c2cccc(CC(=O)OC)c2)c(C)c1. The van der Waals surface area contributed by atoms with Crippen molar-refractivity contribution in [3.8, 4) is 11.1 Å². The molecule has 0 aliphatic heterocycles. The van der Waals surface area contributed by atoms with Crippen LogP contribution in [0.25, 0.3) is 11.1 Å². The molecule has 0 aliphatic rings. The summed E-state index contributed by atoms with van der Waals surface area (Å²) < 4.78 is 11.9. The van der Waals surface area contributed by atoms with Crippen LogP contribution in [0.4, 0.5) is 0 Å². The molecule has 1 unspecified atom stereocenters. The second kappa shape index (κ2) is 14.4. The van der Waals surface area contributed by atoms with Crippen molar-refractivity contribution in [2.75, 3.05) is 7.11 Å². The summed E-state index contributed by atoms with van der Waals surface area (Å²) in [7, 11) is -0.434. The van der Waals surface area contributed by atoms with Gasteiger partial charge in [-0.25, -0.2) is 0 Å². The number of rotatable bonds is 12. The first-order chi connectivity index (χ1) is 20.9. The third kappa shape index (κ3) is 8.57. The van der Waals surface area contributed by atoms with E-state index in [0.717, 1.165) is 36.8 Å². The van der Waals surface area contributed by atoms with Crippen LogP contribution in [-0.4, -0.2) is 27.5 Å². The lowest BCUT2D eigenvalue weighted by atomic mass is 9.69. The molecular weight excluding hydrogens is 569 g/mol. The molecule has 3 aromatic carbocycles. The van der Waals surface area contributed by atoms with Crippen molar-refractivity contribution in [3.05, 3.63) is 94.0 Å². The molecule has 0 heterocycles. The summed E-state index contributed by atoms with van der Waals surface area (Å²) in [4.78, 5) is 11.9. The molecule has 0 saturated heterocycles. The van der Waals surface area contributed by atoms with Crippen LogP contribution in [0.1, 0.15) is 108 Å². The van der Waals surface area contributed by atoms with Crippen molar-refractivity contribution >= 4 is 14.3 Å². The molecule has 0 aliphatic carbocycles. The smallest absolute Gasteiger partial charge is 0.309 e. The van der Waals surface area contributed by atoms with Gasteiger partial charge in [0.15, 0.2) is 8.32 Å². The van der Waals surface area contributed by atoms with E-state index in [-0.39, 0.29) is 34.4 Å². The quantitative estimate of drug-likeness (QED) is 0.148. The minimum atomic E-state index is -1.87. The Morgan fingerprint density at radius 1 is 0.822 bits per heavy atom. The maximum atomic E-state index is 11.9. The maximum Gasteiger partial charge on any atom is 0.309 e. The Morgan fingerprint density at radius 2 is 1.42 bits per heavy atom. The van der Waals surface area contributed by atoms with Crippen molar-refractivity contribution in [2.24, 2.45) is 5.41 Å². The molecule has 45 heavy (non-hydrogen) atoms. The van der Waals surface area contributed by atoms with E-state index in [9.17, 15) is 4.79 Å². The molecule has 3 aromatic rings. The first-order valence-corrected chi connectivity index (χ1v) is 19.8. The molecule has 0 fully saturated rings. The lowest BCUT2D eigenvalue weighted by Crippen LogP contribution is -2.47. The Kier molecular flexibility index (Phi) is 11.8. The number of hydrogen-bond donors (Lipinski definition) is 0. The van der Waals surface area contributed by atoms with E-state index >= 15 is 0 Å². The zero-order valence-electron chi connectivity index (χ0n) is 30.6. The number of esters is 1. The monoisotopic (exact) mass is 628 g/mol. The van der Waals surface area contributed by atoms with E-state index in [1.807, 2.05) is 12.1 Å². The van der Waals surface area contributed by atoms with Crippen LogP contribution in [0.15, 0.2) is 60.7 Å². The predicted molar refractivity (Wildman–Crippen MR) is 195 cm³/mol. The molecule has 0 aromatic heterocycles. The van der Waals surface area contributed by atoms with Gasteiger partial charge in [-0.2, -0.15) is 0 Å². The number of methoxy groups -OCH3 is 1. The van der Waals surface area contributed by atoms with Gasteiger partial charge in [0.2, 0.25) is 0 Å². The van der Waals surface area contributed by atoms with E-state index in [1.54, 1.807) is 0 Å². The molecule has 3 rings (SSSR count). The van der Waals surface area contributed by atoms with Gasteiger partial charge < -0.3 is 9.16 Å². The number of ether oxygens (including phenoxy) is 1. The van der Waals surface area contributed by atoms with Gasteiger partial charge in [-0.05, 0) is 108 Å². The van der Waals surface area contributed by atoms with Crippen molar-refractivity contribution in [2.45, 2.75) is 131 Å². The second-order valence-corrected chi connectivity index (χ2v) is 20.4. The van der Waals surface area contributed by atoms with Gasteiger partial charge in [-0.1, -0.05) is 116 Å². The van der Waals surface area contributed by atoms with Crippen LogP contribution in [0.5, 0.6) is 0 Å². The summed E-state index contributed by atoms with van der Waals surface area (Å²) in [6.07, 6.45) is 4.63. The highest BCUT2D eigenvalue weighted by atomic mass is 28.4. The number of carbonyl (C=O) groups excluding carboxylic acids is 1. The minimum Gasteiger partial charge on any atom is -0.469 e. The first-order valence-electron chi connectivity index (χ1n) is 16.9. The fourth-order valence-corrected chi connectivity index (χ4v) is 7.90. The molecule has 246 valence electrons. The van der Waals surface area contributed by atoms with E-state index in [4.69, 9.17) is 9.16 Å². The van der Waals surface area contributed by atoms with E-state index in [0.29, 0.717) is 0 Å². The molecule has 0 bridgehead atoms. The van der Waals surface area contributed by atoms with Gasteiger partial charge in [0.25, 0.3) is 0 Å². The van der Waals surface area contributed by atoms with Crippen LogP contribution in [-0.2, 0) is 32.2 Å². The molecule has 0 radical (unpaired) electrons. The van der Waals surface area contributed by atoms with Gasteiger partial charge in [-0.15, -0.1) is 0 Å². The van der Waals surface area contributed by atoms with Gasteiger partial charge >= 0.3 is 5.97 Å². The van der Waals surface area contributed by atoms with Gasteiger partial charge in [0.05, 0.1) is 19.6 Å². The summed E-state index contributed by atoms with van der Waals surface area (Å²) in [6, 6.07) is 22.4. The largest absolute Gasteiger partial charge is 0.469 e. The number of aryl methyl sites for hydroxylation is 3. The van der Waals surface area contributed by atoms with Crippen molar-refractivity contribution in [3.63, 3.8) is 0 Å². The average molecular weight is 629 g/mol. The molecule has 3 nitrogen and oxygen atoms in total. The van der Waals surface area contributed by atoms with E-state index in [2.05, 4.69) is 131 Å². The second-order valence-electron chi connectivity index (χ2n) is 15.7. The standard InChI is InChI=1S/C41H60O3Si/c1-14-41(15-2,35-22-23-36(30(4)26-35)33-18-16-17-31(27-33)28-38(42)43-11)34-21-19-32(29(3)25-34)20-24-37(39(5,6)7)44-45(12,13)40(8,9)10/h16-19,21-23,25-27,37H,14-15,20,24,28H2,1-13H3. The molecule has 0 spiro atoms. The van der Waals surface area contributed by atoms with Crippen LogP contribution in [0, 0.1) is 19.3 Å². The number of hydrogen-bond acceptors (Lipinski definition) is 3. The first kappa shape index (κ1) is 36.8. The Labute approximate surface area is 276 Å². The highest BCUT2D eigenvalue weighted by Gasteiger charge is 2.41. The van der Waals surface area contributed by atoms with Gasteiger partial charge in [-0.3, -0.25) is 4.79 Å². The normalized spacial score (nSPS) is 13.5. The average Bonchev–Trinajstić information content (AvgIpc) is 2.96. The van der Waals surface area contributed by atoms with Crippen molar-refractivity contribution in [1.82, 2.24) is 0 Å². The fraction of sp³-hybridized carbons (Fsp3) is 0.537. The van der Waals surface area contributed by atoms with Crippen LogP contribution < -0.4 is 0 Å². The van der Waals surface area contributed by atoms with Crippen LogP contribution >= 0.6 is 0 Å². The maximum absolute atomic E-state index is 11.9. The highest BCUT2D eigenvalue weighted by molar-refractivity contribution is 6.74. The van der Waals surface area contributed by atoms with Crippen LogP contribution in [0.3, 0.4) is 0 Å². The summed E-state index contributed by atoms with van der Waals surface area (Å²) in [5.74, 6) is -0.218. The summed E-state index contributed by atoms with van der Waals surface area (Å²) in [5.41, 5.74) is 10.1. The zero-order valence-corrected chi connectivity index (χ0v) is 31.6. The lowest BCUT2D eigenvalue weighted by molar-refractivity contribution is -0.139. The Bertz CT molecular complexity index is 1450. The van der Waals surface area contributed by atoms with E-state index < -0.39 is 8.32 Å². The fourth-order valence-electron chi connectivity index (χ4n) is 6.37. The van der Waals surface area contributed by atoms with Crippen molar-refractivity contribution < 1.29 is 14.0 Å². The zero-order chi connectivity index (χ0) is 33.8. The third-order valence-corrected chi connectivity index (χ3v) is 15.1. The number of benzene rings is 3.